The van der Waals surface area contributed by atoms with E-state index in [4.69, 9.17) is 4.42 Å². The van der Waals surface area contributed by atoms with Gasteiger partial charge in [-0.3, -0.25) is 18.8 Å². The van der Waals surface area contributed by atoms with E-state index < -0.39 is 11.2 Å². The minimum absolute atomic E-state index is 0.0315. The van der Waals surface area contributed by atoms with Crippen LogP contribution in [0.3, 0.4) is 0 Å². The first-order chi connectivity index (χ1) is 12.5. The van der Waals surface area contributed by atoms with Crippen LogP contribution < -0.4 is 16.6 Å². The Hall–Kier alpha value is -2.79. The van der Waals surface area contributed by atoms with Gasteiger partial charge in [-0.1, -0.05) is 6.42 Å². The van der Waals surface area contributed by atoms with Crippen LogP contribution >= 0.6 is 0 Å². The molecule has 2 aromatic heterocycles. The third-order valence-corrected chi connectivity index (χ3v) is 4.94. The van der Waals surface area contributed by atoms with Crippen molar-refractivity contribution in [3.05, 3.63) is 50.6 Å². The fraction of sp³-hybridized carbons (Fsp3) is 0.500. The Kier molecular flexibility index (Phi) is 5.28. The third kappa shape index (κ3) is 3.30. The van der Waals surface area contributed by atoms with Gasteiger partial charge in [-0.05, 0) is 38.1 Å². The summed E-state index contributed by atoms with van der Waals surface area (Å²) in [5.41, 5.74) is -1.12. The number of furan rings is 1. The molecule has 1 N–H and O–H groups in total. The standard InChI is InChI=1S/C18H23N5O3/c1-21-16(13(11-19)17(24)22(2)18(21)25)20-12-14(15-7-6-10-26-15)23-8-4-3-5-9-23/h6-7,10,14,20H,3-5,8-9,12H2,1-2H3. The van der Waals surface area contributed by atoms with E-state index in [0.29, 0.717) is 6.54 Å². The zero-order chi connectivity index (χ0) is 18.7. The highest BCUT2D eigenvalue weighted by atomic mass is 16.3. The molecule has 8 heteroatoms. The Balaban J connectivity index is 1.92. The summed E-state index contributed by atoms with van der Waals surface area (Å²) in [6.45, 7) is 2.37. The number of anilines is 1. The van der Waals surface area contributed by atoms with Gasteiger partial charge < -0.3 is 9.73 Å². The van der Waals surface area contributed by atoms with Crippen molar-refractivity contribution in [1.29, 1.82) is 5.26 Å². The van der Waals surface area contributed by atoms with Gasteiger partial charge in [0.1, 0.15) is 17.6 Å². The van der Waals surface area contributed by atoms with Crippen LogP contribution in [0.5, 0.6) is 0 Å². The molecule has 8 nitrogen and oxygen atoms in total. The lowest BCUT2D eigenvalue weighted by Gasteiger charge is -2.33. The highest BCUT2D eigenvalue weighted by Crippen LogP contribution is 2.25. The fourth-order valence-corrected chi connectivity index (χ4v) is 3.47. The molecule has 0 amide bonds. The molecule has 1 atom stereocenters. The van der Waals surface area contributed by atoms with Crippen LogP contribution in [-0.2, 0) is 14.1 Å². The van der Waals surface area contributed by atoms with Gasteiger partial charge in [0.05, 0.1) is 12.3 Å². The van der Waals surface area contributed by atoms with E-state index in [9.17, 15) is 14.9 Å². The predicted molar refractivity (Wildman–Crippen MR) is 97.0 cm³/mol. The van der Waals surface area contributed by atoms with Crippen LogP contribution in [-0.4, -0.2) is 33.7 Å². The first-order valence-electron chi connectivity index (χ1n) is 8.76. The molecule has 0 radical (unpaired) electrons. The number of nitrogens with zero attached hydrogens (tertiary/aromatic N) is 4. The van der Waals surface area contributed by atoms with Crippen molar-refractivity contribution in [3.63, 3.8) is 0 Å². The smallest absolute Gasteiger partial charge is 0.332 e. The molecule has 3 rings (SSSR count). The van der Waals surface area contributed by atoms with Gasteiger partial charge in [0.25, 0.3) is 5.56 Å². The Labute approximate surface area is 151 Å². The number of hydrogen-bond donors (Lipinski definition) is 1. The molecule has 138 valence electrons. The molecule has 2 aromatic rings. The lowest BCUT2D eigenvalue weighted by molar-refractivity contribution is 0.152. The number of piperidine rings is 1. The molecule has 1 saturated heterocycles. The molecule has 0 saturated carbocycles. The van der Waals surface area contributed by atoms with Gasteiger partial charge in [-0.25, -0.2) is 4.79 Å². The van der Waals surface area contributed by atoms with Crippen molar-refractivity contribution in [2.24, 2.45) is 14.1 Å². The van der Waals surface area contributed by atoms with Crippen molar-refractivity contribution in [1.82, 2.24) is 14.0 Å². The summed E-state index contributed by atoms with van der Waals surface area (Å²) < 4.78 is 7.85. The Morgan fingerprint density at radius 1 is 1.23 bits per heavy atom. The molecular formula is C18H23N5O3. The van der Waals surface area contributed by atoms with E-state index in [2.05, 4.69) is 10.2 Å². The molecule has 1 unspecified atom stereocenters. The molecular weight excluding hydrogens is 334 g/mol. The second kappa shape index (κ2) is 7.62. The first kappa shape index (κ1) is 18.0. The molecule has 0 aliphatic carbocycles. The van der Waals surface area contributed by atoms with Gasteiger partial charge >= 0.3 is 5.69 Å². The molecule has 0 aromatic carbocycles. The van der Waals surface area contributed by atoms with Crippen molar-refractivity contribution < 1.29 is 4.42 Å². The van der Waals surface area contributed by atoms with Gasteiger partial charge in [-0.2, -0.15) is 5.26 Å². The molecule has 3 heterocycles. The van der Waals surface area contributed by atoms with E-state index in [0.717, 1.165) is 36.3 Å². The van der Waals surface area contributed by atoms with Crippen LogP contribution in [0.15, 0.2) is 32.4 Å². The number of aromatic nitrogens is 2. The number of hydrogen-bond acceptors (Lipinski definition) is 6. The number of nitrogens with one attached hydrogen (secondary N) is 1. The molecule has 26 heavy (non-hydrogen) atoms. The van der Waals surface area contributed by atoms with Crippen molar-refractivity contribution in [2.75, 3.05) is 25.0 Å². The zero-order valence-corrected chi connectivity index (χ0v) is 15.1. The lowest BCUT2D eigenvalue weighted by Crippen LogP contribution is -2.41. The summed E-state index contributed by atoms with van der Waals surface area (Å²) in [7, 11) is 2.92. The van der Waals surface area contributed by atoms with E-state index in [1.807, 2.05) is 18.2 Å². The SMILES string of the molecule is Cn1c(NCC(c2ccco2)N2CCCCC2)c(C#N)c(=O)n(C)c1=O. The van der Waals surface area contributed by atoms with Crippen LogP contribution in [0.1, 0.15) is 36.6 Å². The average molecular weight is 357 g/mol. The van der Waals surface area contributed by atoms with Crippen LogP contribution in [0.25, 0.3) is 0 Å². The average Bonchev–Trinajstić information content (AvgIpc) is 3.19. The molecule has 1 aliphatic rings. The fourth-order valence-electron chi connectivity index (χ4n) is 3.47. The normalized spacial score (nSPS) is 16.2. The Bertz CT molecular complexity index is 914. The van der Waals surface area contributed by atoms with Crippen LogP contribution in [0, 0.1) is 11.3 Å². The van der Waals surface area contributed by atoms with E-state index in [1.165, 1.54) is 18.0 Å². The third-order valence-electron chi connectivity index (χ3n) is 4.94. The van der Waals surface area contributed by atoms with Crippen LogP contribution in [0.2, 0.25) is 0 Å². The van der Waals surface area contributed by atoms with Gasteiger partial charge in [0, 0.05) is 20.6 Å². The number of nitriles is 1. The summed E-state index contributed by atoms with van der Waals surface area (Å²) >= 11 is 0. The molecule has 0 bridgehead atoms. The van der Waals surface area contributed by atoms with Crippen molar-refractivity contribution in [2.45, 2.75) is 25.3 Å². The van der Waals surface area contributed by atoms with Crippen molar-refractivity contribution in [3.8, 4) is 6.07 Å². The van der Waals surface area contributed by atoms with E-state index >= 15 is 0 Å². The maximum Gasteiger partial charge on any atom is 0.332 e. The highest BCUT2D eigenvalue weighted by molar-refractivity contribution is 5.51. The van der Waals surface area contributed by atoms with Gasteiger partial charge in [0.15, 0.2) is 5.56 Å². The van der Waals surface area contributed by atoms with E-state index in [1.54, 1.807) is 13.3 Å². The molecule has 1 aliphatic heterocycles. The van der Waals surface area contributed by atoms with Crippen molar-refractivity contribution >= 4 is 5.82 Å². The van der Waals surface area contributed by atoms with Gasteiger partial charge in [0.2, 0.25) is 0 Å². The Morgan fingerprint density at radius 3 is 2.58 bits per heavy atom. The maximum absolute atomic E-state index is 12.2. The summed E-state index contributed by atoms with van der Waals surface area (Å²) in [6.07, 6.45) is 5.12. The maximum atomic E-state index is 12.2. The van der Waals surface area contributed by atoms with E-state index in [-0.39, 0.29) is 17.4 Å². The predicted octanol–water partition coefficient (Wildman–Crippen LogP) is 1.19. The number of rotatable bonds is 5. The summed E-state index contributed by atoms with van der Waals surface area (Å²) in [5, 5.41) is 12.5. The topological polar surface area (TPSA) is 96.2 Å². The molecule has 0 spiro atoms. The van der Waals surface area contributed by atoms with Crippen LogP contribution in [0.4, 0.5) is 5.82 Å². The second-order valence-electron chi connectivity index (χ2n) is 6.55. The van der Waals surface area contributed by atoms with Gasteiger partial charge in [-0.15, -0.1) is 0 Å². The Morgan fingerprint density at radius 2 is 1.96 bits per heavy atom. The minimum Gasteiger partial charge on any atom is -0.468 e. The highest BCUT2D eigenvalue weighted by Gasteiger charge is 2.25. The summed E-state index contributed by atoms with van der Waals surface area (Å²) in [4.78, 5) is 26.8. The molecule has 1 fully saturated rings. The summed E-state index contributed by atoms with van der Waals surface area (Å²) in [5.74, 6) is 1.07. The second-order valence-corrected chi connectivity index (χ2v) is 6.55. The largest absolute Gasteiger partial charge is 0.468 e. The first-order valence-corrected chi connectivity index (χ1v) is 8.76. The quantitative estimate of drug-likeness (QED) is 0.863. The zero-order valence-electron chi connectivity index (χ0n) is 15.1. The summed E-state index contributed by atoms with van der Waals surface area (Å²) in [6, 6.07) is 5.66. The minimum atomic E-state index is -0.592. The monoisotopic (exact) mass is 357 g/mol. The number of likely N-dealkylation sites (tertiary alicyclic amines) is 1. The lowest BCUT2D eigenvalue weighted by atomic mass is 10.1.